The molecule has 28 heavy (non-hydrogen) atoms. The van der Waals surface area contributed by atoms with Crippen LogP contribution in [0.15, 0.2) is 42.5 Å². The van der Waals surface area contributed by atoms with Gasteiger partial charge in [-0.25, -0.2) is 12.8 Å². The fraction of sp³-hybridized carbons (Fsp3) is 0.278. The second-order valence-electron chi connectivity index (χ2n) is 5.92. The predicted octanol–water partition coefficient (Wildman–Crippen LogP) is 3.48. The molecule has 0 unspecified atom stereocenters. The van der Waals surface area contributed by atoms with E-state index >= 15 is 0 Å². The van der Waals surface area contributed by atoms with Crippen LogP contribution in [-0.4, -0.2) is 39.8 Å². The summed E-state index contributed by atoms with van der Waals surface area (Å²) in [5.74, 6) is -0.466. The molecule has 0 saturated carbocycles. The largest absolute Gasteiger partial charge is 0.492 e. The zero-order valence-corrected chi connectivity index (χ0v) is 17.5. The lowest BCUT2D eigenvalue weighted by Crippen LogP contribution is -2.48. The number of ether oxygens (including phenoxy) is 1. The van der Waals surface area contributed by atoms with Gasteiger partial charge in [-0.3, -0.25) is 9.10 Å². The van der Waals surface area contributed by atoms with E-state index in [-0.39, 0.29) is 34.7 Å². The van der Waals surface area contributed by atoms with Gasteiger partial charge in [-0.2, -0.15) is 0 Å². The van der Waals surface area contributed by atoms with E-state index in [9.17, 15) is 17.6 Å². The second kappa shape index (κ2) is 9.45. The van der Waals surface area contributed by atoms with Gasteiger partial charge in [-0.15, -0.1) is 0 Å². The number of nitrogens with one attached hydrogen (secondary N) is 1. The number of carbonyl (C=O) groups excluding carboxylic acids is 1. The average molecular weight is 449 g/mol. The highest BCUT2D eigenvalue weighted by molar-refractivity contribution is 7.92. The van der Waals surface area contributed by atoms with E-state index in [0.29, 0.717) is 5.75 Å². The third kappa shape index (κ3) is 5.98. The van der Waals surface area contributed by atoms with E-state index in [4.69, 9.17) is 27.9 Å². The van der Waals surface area contributed by atoms with Crippen molar-refractivity contribution in [3.8, 4) is 5.75 Å². The molecule has 1 atom stereocenters. The Morgan fingerprint density at radius 3 is 2.46 bits per heavy atom. The smallest absolute Gasteiger partial charge is 0.243 e. The van der Waals surface area contributed by atoms with Crippen LogP contribution in [0.5, 0.6) is 5.75 Å². The molecule has 0 bridgehead atoms. The predicted molar refractivity (Wildman–Crippen MR) is 108 cm³/mol. The molecule has 1 N–H and O–H groups in total. The molecule has 0 radical (unpaired) electrons. The highest BCUT2D eigenvalue weighted by Crippen LogP contribution is 2.32. The summed E-state index contributed by atoms with van der Waals surface area (Å²) < 4.78 is 43.7. The Morgan fingerprint density at radius 2 is 1.86 bits per heavy atom. The van der Waals surface area contributed by atoms with Gasteiger partial charge >= 0.3 is 0 Å². The van der Waals surface area contributed by atoms with Gasteiger partial charge in [0.15, 0.2) is 0 Å². The topological polar surface area (TPSA) is 75.7 Å². The van der Waals surface area contributed by atoms with Gasteiger partial charge in [0.05, 0.1) is 23.5 Å². The molecule has 2 rings (SSSR count). The standard InChI is InChI=1S/C18H19Cl2FN2O4S/c1-12(18(24)22-9-10-27-15-6-4-14(21)5-7-15)23(28(2,25)26)17-11-13(19)3-8-16(17)20/h3-8,11-12H,9-10H2,1-2H3,(H,22,24)/t12-/m1/s1. The molecular formula is C18H19Cl2FN2O4S. The Kier molecular flexibility index (Phi) is 7.51. The van der Waals surface area contributed by atoms with E-state index in [0.717, 1.165) is 10.6 Å². The molecule has 0 heterocycles. The average Bonchev–Trinajstić information content (AvgIpc) is 2.62. The summed E-state index contributed by atoms with van der Waals surface area (Å²) in [6.45, 7) is 1.69. The van der Waals surface area contributed by atoms with Crippen LogP contribution in [0.25, 0.3) is 0 Å². The zero-order chi connectivity index (χ0) is 20.9. The summed E-state index contributed by atoms with van der Waals surface area (Å²) in [6.07, 6.45) is 0.978. The highest BCUT2D eigenvalue weighted by Gasteiger charge is 2.30. The van der Waals surface area contributed by atoms with Gasteiger partial charge in [0.2, 0.25) is 15.9 Å². The van der Waals surface area contributed by atoms with Crippen molar-refractivity contribution in [3.63, 3.8) is 0 Å². The fourth-order valence-electron chi connectivity index (χ4n) is 2.46. The number of amides is 1. The molecule has 6 nitrogen and oxygen atoms in total. The number of halogens is 3. The van der Waals surface area contributed by atoms with Gasteiger partial charge < -0.3 is 10.1 Å². The van der Waals surface area contributed by atoms with Crippen molar-refractivity contribution < 1.29 is 22.3 Å². The summed E-state index contributed by atoms with van der Waals surface area (Å²) >= 11 is 12.1. The molecule has 0 spiro atoms. The van der Waals surface area contributed by atoms with Crippen molar-refractivity contribution in [3.05, 3.63) is 58.3 Å². The number of hydrogen-bond donors (Lipinski definition) is 1. The van der Waals surface area contributed by atoms with E-state index in [2.05, 4.69) is 5.32 Å². The molecule has 2 aromatic carbocycles. The van der Waals surface area contributed by atoms with Gasteiger partial charge in [0, 0.05) is 5.02 Å². The van der Waals surface area contributed by atoms with Gasteiger partial charge in [0.1, 0.15) is 24.2 Å². The summed E-state index contributed by atoms with van der Waals surface area (Å²) in [6, 6.07) is 8.73. The number of benzene rings is 2. The number of carbonyl (C=O) groups is 1. The second-order valence-corrected chi connectivity index (χ2v) is 8.63. The van der Waals surface area contributed by atoms with Crippen molar-refractivity contribution >= 4 is 44.8 Å². The Balaban J connectivity index is 2.03. The van der Waals surface area contributed by atoms with Gasteiger partial charge in [-0.05, 0) is 49.4 Å². The van der Waals surface area contributed by atoms with Crippen molar-refractivity contribution in [1.29, 1.82) is 0 Å². The maximum Gasteiger partial charge on any atom is 0.243 e. The third-order valence-corrected chi connectivity index (χ3v) is 5.50. The first-order valence-corrected chi connectivity index (χ1v) is 10.8. The lowest BCUT2D eigenvalue weighted by atomic mass is 10.2. The maximum atomic E-state index is 12.9. The molecule has 0 aliphatic carbocycles. The van der Waals surface area contributed by atoms with Crippen LogP contribution in [0.1, 0.15) is 6.92 Å². The first kappa shape index (κ1) is 22.3. The maximum absolute atomic E-state index is 12.9. The monoisotopic (exact) mass is 448 g/mol. The van der Waals surface area contributed by atoms with Crippen LogP contribution in [-0.2, 0) is 14.8 Å². The Bertz CT molecular complexity index is 939. The Hall–Kier alpha value is -2.03. The molecule has 1 amide bonds. The summed E-state index contributed by atoms with van der Waals surface area (Å²) in [4.78, 5) is 12.5. The van der Waals surface area contributed by atoms with E-state index in [1.807, 2.05) is 0 Å². The molecule has 10 heteroatoms. The third-order valence-electron chi connectivity index (χ3n) is 3.72. The molecule has 2 aromatic rings. The minimum Gasteiger partial charge on any atom is -0.492 e. The molecule has 0 aliphatic heterocycles. The van der Waals surface area contributed by atoms with Crippen molar-refractivity contribution in [2.75, 3.05) is 23.7 Å². The first-order valence-electron chi connectivity index (χ1n) is 8.20. The molecule has 0 saturated heterocycles. The lowest BCUT2D eigenvalue weighted by molar-refractivity contribution is -0.121. The molecule has 152 valence electrons. The fourth-order valence-corrected chi connectivity index (χ4v) is 4.06. The van der Waals surface area contributed by atoms with Crippen LogP contribution in [0, 0.1) is 5.82 Å². The lowest BCUT2D eigenvalue weighted by Gasteiger charge is -2.29. The first-order chi connectivity index (χ1) is 13.1. The summed E-state index contributed by atoms with van der Waals surface area (Å²) in [7, 11) is -3.82. The van der Waals surface area contributed by atoms with Crippen LogP contribution < -0.4 is 14.4 Å². The van der Waals surface area contributed by atoms with Gasteiger partial charge in [0.25, 0.3) is 0 Å². The van der Waals surface area contributed by atoms with Crippen LogP contribution in [0.3, 0.4) is 0 Å². The number of hydrogen-bond acceptors (Lipinski definition) is 4. The van der Waals surface area contributed by atoms with Crippen molar-refractivity contribution in [2.24, 2.45) is 0 Å². The number of anilines is 1. The van der Waals surface area contributed by atoms with Gasteiger partial charge in [-0.1, -0.05) is 23.2 Å². The van der Waals surface area contributed by atoms with Crippen LogP contribution in [0.4, 0.5) is 10.1 Å². The molecule has 0 aliphatic rings. The summed E-state index contributed by atoms with van der Waals surface area (Å²) in [5, 5.41) is 3.03. The number of sulfonamides is 1. The SMILES string of the molecule is C[C@H](C(=O)NCCOc1ccc(F)cc1)N(c1cc(Cl)ccc1Cl)S(C)(=O)=O. The minimum absolute atomic E-state index is 0.113. The van der Waals surface area contributed by atoms with E-state index < -0.39 is 22.0 Å². The Labute approximate surface area is 173 Å². The minimum atomic E-state index is -3.82. The number of rotatable bonds is 8. The van der Waals surface area contributed by atoms with E-state index in [1.165, 1.54) is 49.4 Å². The van der Waals surface area contributed by atoms with Crippen molar-refractivity contribution in [1.82, 2.24) is 5.32 Å². The quantitative estimate of drug-likeness (QED) is 0.627. The van der Waals surface area contributed by atoms with E-state index in [1.54, 1.807) is 0 Å². The zero-order valence-electron chi connectivity index (χ0n) is 15.2. The molecule has 0 aromatic heterocycles. The number of nitrogens with zero attached hydrogens (tertiary/aromatic N) is 1. The molecular weight excluding hydrogens is 430 g/mol. The van der Waals surface area contributed by atoms with Crippen molar-refractivity contribution in [2.45, 2.75) is 13.0 Å². The molecule has 0 fully saturated rings. The summed E-state index contributed by atoms with van der Waals surface area (Å²) in [5.41, 5.74) is 0.113. The van der Waals surface area contributed by atoms with Crippen LogP contribution >= 0.6 is 23.2 Å². The Morgan fingerprint density at radius 1 is 1.21 bits per heavy atom. The normalized spacial score (nSPS) is 12.3. The highest BCUT2D eigenvalue weighted by atomic mass is 35.5. The van der Waals surface area contributed by atoms with Crippen LogP contribution in [0.2, 0.25) is 10.0 Å².